The first-order valence-corrected chi connectivity index (χ1v) is 7.86. The molecule has 1 heterocycles. The number of hydrogen-bond acceptors (Lipinski definition) is 3. The molecule has 1 amide bonds. The van der Waals surface area contributed by atoms with Crippen LogP contribution in [0, 0.1) is 6.92 Å². The molecule has 1 unspecified atom stereocenters. The molecule has 1 fully saturated rings. The van der Waals surface area contributed by atoms with Gasteiger partial charge in [-0.05, 0) is 44.4 Å². The molecular formula is C17H27ClN2O2. The molecule has 124 valence electrons. The predicted octanol–water partition coefficient (Wildman–Crippen LogP) is 2.79. The Labute approximate surface area is 139 Å². The third kappa shape index (κ3) is 6.24. The minimum Gasteiger partial charge on any atom is -0.494 e. The van der Waals surface area contributed by atoms with Crippen molar-refractivity contribution in [3.63, 3.8) is 0 Å². The molecule has 5 heteroatoms. The zero-order valence-electron chi connectivity index (χ0n) is 13.5. The van der Waals surface area contributed by atoms with E-state index in [1.54, 1.807) is 0 Å². The van der Waals surface area contributed by atoms with Gasteiger partial charge in [-0.15, -0.1) is 12.4 Å². The van der Waals surface area contributed by atoms with Crippen LogP contribution in [-0.2, 0) is 4.79 Å². The van der Waals surface area contributed by atoms with Crippen molar-refractivity contribution in [1.29, 1.82) is 0 Å². The molecule has 0 aliphatic carbocycles. The zero-order valence-corrected chi connectivity index (χ0v) is 14.3. The van der Waals surface area contributed by atoms with E-state index in [4.69, 9.17) is 4.74 Å². The number of halogens is 1. The lowest BCUT2D eigenvalue weighted by Crippen LogP contribution is -2.51. The molecule has 0 aromatic heterocycles. The Bertz CT molecular complexity index is 468. The van der Waals surface area contributed by atoms with Crippen molar-refractivity contribution in [2.45, 2.75) is 39.2 Å². The molecule has 1 aromatic carbocycles. The number of hydrogen-bond donors (Lipinski definition) is 1. The number of amides is 1. The quantitative estimate of drug-likeness (QED) is 0.817. The Kier molecular flexibility index (Phi) is 8.28. The largest absolute Gasteiger partial charge is 0.494 e. The minimum absolute atomic E-state index is 0. The summed E-state index contributed by atoms with van der Waals surface area (Å²) in [5.74, 6) is 1.19. The number of benzene rings is 1. The van der Waals surface area contributed by atoms with Gasteiger partial charge in [-0.3, -0.25) is 4.79 Å². The van der Waals surface area contributed by atoms with Gasteiger partial charge < -0.3 is 15.0 Å². The Morgan fingerprint density at radius 1 is 1.41 bits per heavy atom. The number of unbranched alkanes of at least 4 members (excludes halogenated alkanes) is 1. The van der Waals surface area contributed by atoms with Gasteiger partial charge in [-0.2, -0.15) is 0 Å². The number of rotatable bonds is 6. The van der Waals surface area contributed by atoms with Gasteiger partial charge in [0, 0.05) is 32.1 Å². The van der Waals surface area contributed by atoms with Gasteiger partial charge in [0.15, 0.2) is 0 Å². The molecule has 1 aliphatic rings. The number of piperazine rings is 1. The molecule has 1 aromatic rings. The van der Waals surface area contributed by atoms with Crippen molar-refractivity contribution in [2.24, 2.45) is 0 Å². The van der Waals surface area contributed by atoms with Crippen LogP contribution >= 0.6 is 12.4 Å². The van der Waals surface area contributed by atoms with Gasteiger partial charge >= 0.3 is 0 Å². The third-order valence-corrected chi connectivity index (χ3v) is 3.76. The van der Waals surface area contributed by atoms with Gasteiger partial charge in [-0.25, -0.2) is 0 Å². The summed E-state index contributed by atoms with van der Waals surface area (Å²) >= 11 is 0. The molecule has 1 aliphatic heterocycles. The standard InChI is InChI=1S/C17H26N2O2.ClH/c1-14-6-5-7-16(12-14)21-11-4-3-8-17(20)19-10-9-18-15(2)13-19;/h5-7,12,15,18H,3-4,8-11,13H2,1-2H3;1H. The van der Waals surface area contributed by atoms with E-state index in [0.717, 1.165) is 38.2 Å². The van der Waals surface area contributed by atoms with Crippen LogP contribution in [-0.4, -0.2) is 43.1 Å². The highest BCUT2D eigenvalue weighted by Gasteiger charge is 2.19. The molecule has 0 saturated carbocycles. The highest BCUT2D eigenvalue weighted by Crippen LogP contribution is 2.13. The molecule has 1 saturated heterocycles. The fraction of sp³-hybridized carbons (Fsp3) is 0.588. The summed E-state index contributed by atoms with van der Waals surface area (Å²) in [6.07, 6.45) is 2.44. The highest BCUT2D eigenvalue weighted by molar-refractivity contribution is 5.85. The number of nitrogens with zero attached hydrogens (tertiary/aromatic N) is 1. The average Bonchev–Trinajstić information content (AvgIpc) is 2.47. The van der Waals surface area contributed by atoms with Crippen molar-refractivity contribution in [3.05, 3.63) is 29.8 Å². The van der Waals surface area contributed by atoms with E-state index in [2.05, 4.69) is 25.2 Å². The molecule has 0 bridgehead atoms. The third-order valence-electron chi connectivity index (χ3n) is 3.76. The van der Waals surface area contributed by atoms with Gasteiger partial charge in [0.05, 0.1) is 6.61 Å². The van der Waals surface area contributed by atoms with E-state index in [9.17, 15) is 4.79 Å². The van der Waals surface area contributed by atoms with Gasteiger partial charge in [0.2, 0.25) is 5.91 Å². The van der Waals surface area contributed by atoms with Crippen LogP contribution in [0.3, 0.4) is 0 Å². The molecule has 1 atom stereocenters. The van der Waals surface area contributed by atoms with Crippen LogP contribution in [0.2, 0.25) is 0 Å². The summed E-state index contributed by atoms with van der Waals surface area (Å²) in [7, 11) is 0. The second kappa shape index (κ2) is 9.70. The van der Waals surface area contributed by atoms with Crippen molar-refractivity contribution < 1.29 is 9.53 Å². The van der Waals surface area contributed by atoms with Gasteiger partial charge in [0.25, 0.3) is 0 Å². The number of ether oxygens (including phenoxy) is 1. The maximum Gasteiger partial charge on any atom is 0.222 e. The van der Waals surface area contributed by atoms with E-state index >= 15 is 0 Å². The number of aryl methyl sites for hydroxylation is 1. The Morgan fingerprint density at radius 2 is 2.23 bits per heavy atom. The van der Waals surface area contributed by atoms with Crippen LogP contribution in [0.15, 0.2) is 24.3 Å². The maximum absolute atomic E-state index is 12.1. The first kappa shape index (κ1) is 18.8. The molecule has 22 heavy (non-hydrogen) atoms. The summed E-state index contributed by atoms with van der Waals surface area (Å²) in [4.78, 5) is 14.1. The fourth-order valence-corrected chi connectivity index (χ4v) is 2.59. The van der Waals surface area contributed by atoms with E-state index in [1.807, 2.05) is 23.1 Å². The highest BCUT2D eigenvalue weighted by atomic mass is 35.5. The monoisotopic (exact) mass is 326 g/mol. The lowest BCUT2D eigenvalue weighted by Gasteiger charge is -2.32. The van der Waals surface area contributed by atoms with Crippen LogP contribution in [0.25, 0.3) is 0 Å². The zero-order chi connectivity index (χ0) is 15.1. The predicted molar refractivity (Wildman–Crippen MR) is 91.8 cm³/mol. The molecular weight excluding hydrogens is 300 g/mol. The Hall–Kier alpha value is -1.26. The first-order valence-electron chi connectivity index (χ1n) is 7.86. The van der Waals surface area contributed by atoms with E-state index in [-0.39, 0.29) is 18.3 Å². The van der Waals surface area contributed by atoms with Crippen molar-refractivity contribution in [1.82, 2.24) is 10.2 Å². The number of carbonyl (C=O) groups excluding carboxylic acids is 1. The topological polar surface area (TPSA) is 41.6 Å². The summed E-state index contributed by atoms with van der Waals surface area (Å²) < 4.78 is 5.70. The first-order chi connectivity index (χ1) is 10.1. The normalized spacial score (nSPS) is 17.7. The summed E-state index contributed by atoms with van der Waals surface area (Å²) in [5, 5.41) is 3.35. The van der Waals surface area contributed by atoms with Crippen LogP contribution in [0.1, 0.15) is 31.7 Å². The van der Waals surface area contributed by atoms with Gasteiger partial charge in [-0.1, -0.05) is 12.1 Å². The lowest BCUT2D eigenvalue weighted by molar-refractivity contribution is -0.132. The summed E-state index contributed by atoms with van der Waals surface area (Å²) in [6, 6.07) is 8.47. The second-order valence-electron chi connectivity index (χ2n) is 5.82. The molecule has 0 radical (unpaired) electrons. The van der Waals surface area contributed by atoms with Crippen molar-refractivity contribution in [2.75, 3.05) is 26.2 Å². The fourth-order valence-electron chi connectivity index (χ4n) is 2.59. The molecule has 4 nitrogen and oxygen atoms in total. The maximum atomic E-state index is 12.1. The molecule has 1 N–H and O–H groups in total. The van der Waals surface area contributed by atoms with Crippen LogP contribution in [0.5, 0.6) is 5.75 Å². The lowest BCUT2D eigenvalue weighted by atomic mass is 10.2. The van der Waals surface area contributed by atoms with Gasteiger partial charge in [0.1, 0.15) is 5.75 Å². The van der Waals surface area contributed by atoms with E-state index in [0.29, 0.717) is 19.1 Å². The summed E-state index contributed by atoms with van der Waals surface area (Å²) in [5.41, 5.74) is 1.20. The average molecular weight is 327 g/mol. The Balaban J connectivity index is 0.00000242. The molecule has 0 spiro atoms. The van der Waals surface area contributed by atoms with Crippen LogP contribution < -0.4 is 10.1 Å². The smallest absolute Gasteiger partial charge is 0.222 e. The second-order valence-corrected chi connectivity index (χ2v) is 5.82. The number of carbonyl (C=O) groups is 1. The minimum atomic E-state index is 0. The van der Waals surface area contributed by atoms with Crippen molar-refractivity contribution in [3.8, 4) is 5.75 Å². The molecule has 2 rings (SSSR count). The van der Waals surface area contributed by atoms with E-state index in [1.165, 1.54) is 5.56 Å². The number of nitrogens with one attached hydrogen (secondary N) is 1. The Morgan fingerprint density at radius 3 is 2.95 bits per heavy atom. The van der Waals surface area contributed by atoms with E-state index < -0.39 is 0 Å². The van der Waals surface area contributed by atoms with Crippen molar-refractivity contribution >= 4 is 18.3 Å². The summed E-state index contributed by atoms with van der Waals surface area (Å²) in [6.45, 7) is 7.43. The SMILES string of the molecule is Cc1cccc(OCCCCC(=O)N2CCNC(C)C2)c1.Cl. The van der Waals surface area contributed by atoms with Crippen LogP contribution in [0.4, 0.5) is 0 Å².